The number of likely N-dealkylation sites (N-methyl/N-ethyl adjacent to an activating group) is 1. The minimum absolute atomic E-state index is 0.486. The first-order chi connectivity index (χ1) is 8.08. The second-order valence-electron chi connectivity index (χ2n) is 5.69. The van der Waals surface area contributed by atoms with E-state index in [1.165, 1.54) is 25.7 Å². The summed E-state index contributed by atoms with van der Waals surface area (Å²) in [7, 11) is 2.19. The van der Waals surface area contributed by atoms with E-state index in [0.29, 0.717) is 18.1 Å². The largest absolute Gasteiger partial charge is 0.370 e. The molecule has 2 rings (SSSR count). The summed E-state index contributed by atoms with van der Waals surface area (Å²) in [6.45, 7) is 6.52. The Morgan fingerprint density at radius 2 is 1.65 bits per heavy atom. The van der Waals surface area contributed by atoms with Crippen LogP contribution in [0.25, 0.3) is 0 Å². The Hall–Kier alpha value is -0.770. The van der Waals surface area contributed by atoms with E-state index in [2.05, 4.69) is 30.7 Å². The van der Waals surface area contributed by atoms with Gasteiger partial charge in [0.15, 0.2) is 5.96 Å². The number of aliphatic imine (C=N–C) groups is 1. The van der Waals surface area contributed by atoms with Crippen molar-refractivity contribution in [2.45, 2.75) is 57.7 Å². The zero-order valence-corrected chi connectivity index (χ0v) is 11.4. The van der Waals surface area contributed by atoms with Crippen LogP contribution in [0.15, 0.2) is 4.99 Å². The second-order valence-corrected chi connectivity index (χ2v) is 5.69. The van der Waals surface area contributed by atoms with Gasteiger partial charge in [-0.05, 0) is 33.7 Å². The molecular formula is C13H26N4. The molecule has 1 saturated heterocycles. The van der Waals surface area contributed by atoms with E-state index in [-0.39, 0.29) is 0 Å². The lowest BCUT2D eigenvalue weighted by molar-refractivity contribution is 0.0978. The number of nitrogens with two attached hydrogens (primary N) is 1. The molecule has 1 aliphatic carbocycles. The summed E-state index contributed by atoms with van der Waals surface area (Å²) in [6, 6.07) is 1.59. The Morgan fingerprint density at radius 1 is 1.12 bits per heavy atom. The monoisotopic (exact) mass is 238 g/mol. The highest BCUT2D eigenvalue weighted by atomic mass is 15.3. The highest BCUT2D eigenvalue weighted by Gasteiger charge is 2.28. The van der Waals surface area contributed by atoms with Crippen molar-refractivity contribution in [3.05, 3.63) is 0 Å². The lowest BCUT2D eigenvalue weighted by Gasteiger charge is -2.43. The number of rotatable bonds is 1. The van der Waals surface area contributed by atoms with Crippen LogP contribution >= 0.6 is 0 Å². The van der Waals surface area contributed by atoms with Crippen molar-refractivity contribution in [2.24, 2.45) is 10.7 Å². The number of hydrogen-bond acceptors (Lipinski definition) is 2. The van der Waals surface area contributed by atoms with Crippen LogP contribution in [0.3, 0.4) is 0 Å². The first-order valence-electron chi connectivity index (χ1n) is 6.88. The zero-order chi connectivity index (χ0) is 12.4. The molecule has 2 fully saturated rings. The van der Waals surface area contributed by atoms with E-state index in [1.807, 2.05) is 0 Å². The molecule has 1 heterocycles. The summed E-state index contributed by atoms with van der Waals surface area (Å²) in [6.07, 6.45) is 5.08. The summed E-state index contributed by atoms with van der Waals surface area (Å²) in [4.78, 5) is 9.37. The molecule has 0 bridgehead atoms. The lowest BCUT2D eigenvalue weighted by Crippen LogP contribution is -2.58. The van der Waals surface area contributed by atoms with E-state index in [0.717, 1.165) is 19.0 Å². The topological polar surface area (TPSA) is 44.9 Å². The summed E-state index contributed by atoms with van der Waals surface area (Å²) in [5.41, 5.74) is 6.16. The van der Waals surface area contributed by atoms with Gasteiger partial charge in [0.05, 0.1) is 6.04 Å². The van der Waals surface area contributed by atoms with Gasteiger partial charge in [0.1, 0.15) is 0 Å². The minimum Gasteiger partial charge on any atom is -0.370 e. The van der Waals surface area contributed by atoms with Crippen LogP contribution in [0.1, 0.15) is 39.5 Å². The Labute approximate surface area is 105 Å². The highest BCUT2D eigenvalue weighted by Crippen LogP contribution is 2.21. The van der Waals surface area contributed by atoms with Crippen LogP contribution in [-0.2, 0) is 0 Å². The molecule has 17 heavy (non-hydrogen) atoms. The SMILES string of the molecule is CC1CN(C(N)=NC2CCCC2)CC(C)N1C. The number of nitrogens with zero attached hydrogens (tertiary/aromatic N) is 3. The zero-order valence-electron chi connectivity index (χ0n) is 11.4. The third-order valence-corrected chi connectivity index (χ3v) is 4.32. The standard InChI is InChI=1S/C13H26N4/c1-10-8-17(9-11(2)16(10)3)13(14)15-12-6-4-5-7-12/h10-12H,4-9H2,1-3H3,(H2,14,15). The molecule has 0 amide bonds. The third-order valence-electron chi connectivity index (χ3n) is 4.32. The first kappa shape index (κ1) is 12.7. The molecule has 1 aliphatic heterocycles. The molecule has 2 N–H and O–H groups in total. The molecule has 2 aliphatic rings. The molecule has 0 radical (unpaired) electrons. The van der Waals surface area contributed by atoms with Crippen molar-refractivity contribution in [1.29, 1.82) is 0 Å². The van der Waals surface area contributed by atoms with Crippen LogP contribution in [0.2, 0.25) is 0 Å². The van der Waals surface area contributed by atoms with Gasteiger partial charge in [-0.25, -0.2) is 4.99 Å². The molecule has 98 valence electrons. The van der Waals surface area contributed by atoms with Crippen LogP contribution in [0.5, 0.6) is 0 Å². The van der Waals surface area contributed by atoms with Crippen LogP contribution in [0, 0.1) is 0 Å². The summed E-state index contributed by atoms with van der Waals surface area (Å²) >= 11 is 0. The predicted octanol–water partition coefficient (Wildman–Crippen LogP) is 1.27. The van der Waals surface area contributed by atoms with Crippen LogP contribution < -0.4 is 5.73 Å². The number of piperazine rings is 1. The van der Waals surface area contributed by atoms with Crippen molar-refractivity contribution in [1.82, 2.24) is 9.80 Å². The maximum absolute atomic E-state index is 6.16. The molecule has 4 heteroatoms. The van der Waals surface area contributed by atoms with Crippen molar-refractivity contribution in [3.63, 3.8) is 0 Å². The molecule has 2 atom stereocenters. The van der Waals surface area contributed by atoms with Crippen molar-refractivity contribution < 1.29 is 0 Å². The normalized spacial score (nSPS) is 33.4. The highest BCUT2D eigenvalue weighted by molar-refractivity contribution is 5.78. The average Bonchev–Trinajstić information content (AvgIpc) is 2.77. The Kier molecular flexibility index (Phi) is 3.92. The molecule has 4 nitrogen and oxygen atoms in total. The van der Waals surface area contributed by atoms with Crippen molar-refractivity contribution in [2.75, 3.05) is 20.1 Å². The molecule has 2 unspecified atom stereocenters. The van der Waals surface area contributed by atoms with Crippen LogP contribution in [0.4, 0.5) is 0 Å². The predicted molar refractivity (Wildman–Crippen MR) is 72.1 cm³/mol. The van der Waals surface area contributed by atoms with Gasteiger partial charge in [-0.2, -0.15) is 0 Å². The minimum atomic E-state index is 0.486. The van der Waals surface area contributed by atoms with E-state index < -0.39 is 0 Å². The van der Waals surface area contributed by atoms with Gasteiger partial charge in [0, 0.05) is 25.2 Å². The summed E-state index contributed by atoms with van der Waals surface area (Å²) in [5.74, 6) is 0.767. The van der Waals surface area contributed by atoms with Gasteiger partial charge >= 0.3 is 0 Å². The maximum atomic E-state index is 6.16. The number of hydrogen-bond donors (Lipinski definition) is 1. The van der Waals surface area contributed by atoms with E-state index >= 15 is 0 Å². The fourth-order valence-corrected chi connectivity index (χ4v) is 2.89. The van der Waals surface area contributed by atoms with Crippen molar-refractivity contribution in [3.8, 4) is 0 Å². The fourth-order valence-electron chi connectivity index (χ4n) is 2.89. The average molecular weight is 238 g/mol. The molecule has 0 aromatic rings. The van der Waals surface area contributed by atoms with Gasteiger partial charge in [-0.1, -0.05) is 12.8 Å². The summed E-state index contributed by atoms with van der Waals surface area (Å²) < 4.78 is 0. The first-order valence-corrected chi connectivity index (χ1v) is 6.88. The Bertz CT molecular complexity index is 271. The van der Waals surface area contributed by atoms with E-state index in [9.17, 15) is 0 Å². The quantitative estimate of drug-likeness (QED) is 0.553. The third kappa shape index (κ3) is 2.92. The van der Waals surface area contributed by atoms with Crippen LogP contribution in [-0.4, -0.2) is 54.0 Å². The summed E-state index contributed by atoms with van der Waals surface area (Å²) in [5, 5.41) is 0. The Balaban J connectivity index is 1.97. The number of guanidine groups is 1. The smallest absolute Gasteiger partial charge is 0.191 e. The van der Waals surface area contributed by atoms with E-state index in [4.69, 9.17) is 10.7 Å². The fraction of sp³-hybridized carbons (Fsp3) is 0.923. The maximum Gasteiger partial charge on any atom is 0.191 e. The second kappa shape index (κ2) is 5.25. The van der Waals surface area contributed by atoms with Gasteiger partial charge in [-0.3, -0.25) is 4.90 Å². The molecule has 0 aromatic heterocycles. The van der Waals surface area contributed by atoms with Gasteiger partial charge in [0.2, 0.25) is 0 Å². The van der Waals surface area contributed by atoms with Gasteiger partial charge < -0.3 is 10.6 Å². The molecule has 0 aromatic carbocycles. The van der Waals surface area contributed by atoms with Crippen molar-refractivity contribution >= 4 is 5.96 Å². The van der Waals surface area contributed by atoms with Gasteiger partial charge in [0.25, 0.3) is 0 Å². The van der Waals surface area contributed by atoms with Gasteiger partial charge in [-0.15, -0.1) is 0 Å². The lowest BCUT2D eigenvalue weighted by atomic mass is 10.1. The Morgan fingerprint density at radius 3 is 2.18 bits per heavy atom. The molecular weight excluding hydrogens is 212 g/mol. The molecule has 0 spiro atoms. The molecule has 1 saturated carbocycles. The van der Waals surface area contributed by atoms with E-state index in [1.54, 1.807) is 0 Å².